The maximum atomic E-state index is 5.88. The van der Waals surface area contributed by atoms with Gasteiger partial charge in [-0.25, -0.2) is 9.97 Å². The molecule has 0 amide bonds. The molecule has 1 aromatic rings. The standard InChI is InChI=1S/C11H16ClN3/c1-8-7-10(12)15-11(13-8)14-9-5-3-2-4-6-9/h7,9H,2-6H2,1H3,(H,13,14,15). The molecular formula is C11H16ClN3. The second-order valence-electron chi connectivity index (χ2n) is 4.13. The van der Waals surface area contributed by atoms with Crippen molar-refractivity contribution in [3.8, 4) is 0 Å². The first-order valence-corrected chi connectivity index (χ1v) is 5.89. The highest BCUT2D eigenvalue weighted by atomic mass is 35.5. The second kappa shape index (κ2) is 4.79. The quantitative estimate of drug-likeness (QED) is 0.786. The van der Waals surface area contributed by atoms with Gasteiger partial charge in [-0.1, -0.05) is 30.9 Å². The van der Waals surface area contributed by atoms with Crippen LogP contribution in [0.5, 0.6) is 0 Å². The molecule has 1 aliphatic rings. The smallest absolute Gasteiger partial charge is 0.224 e. The normalized spacial score (nSPS) is 17.7. The number of aromatic nitrogens is 2. The van der Waals surface area contributed by atoms with E-state index in [0.29, 0.717) is 17.1 Å². The Morgan fingerprint density at radius 2 is 2.00 bits per heavy atom. The van der Waals surface area contributed by atoms with E-state index in [9.17, 15) is 0 Å². The monoisotopic (exact) mass is 225 g/mol. The van der Waals surface area contributed by atoms with Crippen LogP contribution in [0.25, 0.3) is 0 Å². The van der Waals surface area contributed by atoms with E-state index in [1.807, 2.05) is 6.92 Å². The molecule has 0 atom stereocenters. The summed E-state index contributed by atoms with van der Waals surface area (Å²) in [5.74, 6) is 0.673. The molecule has 1 saturated carbocycles. The van der Waals surface area contributed by atoms with Crippen LogP contribution in [0.2, 0.25) is 5.15 Å². The van der Waals surface area contributed by atoms with E-state index in [1.165, 1.54) is 32.1 Å². The van der Waals surface area contributed by atoms with Gasteiger partial charge in [0.15, 0.2) is 0 Å². The summed E-state index contributed by atoms with van der Waals surface area (Å²) in [5.41, 5.74) is 0.910. The Morgan fingerprint density at radius 1 is 1.27 bits per heavy atom. The Hall–Kier alpha value is -0.830. The maximum absolute atomic E-state index is 5.88. The Morgan fingerprint density at radius 3 is 2.67 bits per heavy atom. The summed E-state index contributed by atoms with van der Waals surface area (Å²) in [7, 11) is 0. The van der Waals surface area contributed by atoms with E-state index in [4.69, 9.17) is 11.6 Å². The number of nitrogens with one attached hydrogen (secondary N) is 1. The van der Waals surface area contributed by atoms with Crippen molar-refractivity contribution < 1.29 is 0 Å². The van der Waals surface area contributed by atoms with Crippen molar-refractivity contribution in [2.45, 2.75) is 45.1 Å². The first-order chi connectivity index (χ1) is 7.24. The molecule has 15 heavy (non-hydrogen) atoms. The summed E-state index contributed by atoms with van der Waals surface area (Å²) in [5, 5.41) is 3.87. The number of hydrogen-bond acceptors (Lipinski definition) is 3. The van der Waals surface area contributed by atoms with Crippen molar-refractivity contribution in [3.63, 3.8) is 0 Å². The summed E-state index contributed by atoms with van der Waals surface area (Å²) in [6, 6.07) is 2.30. The fourth-order valence-corrected chi connectivity index (χ4v) is 2.26. The van der Waals surface area contributed by atoms with Gasteiger partial charge in [0.2, 0.25) is 5.95 Å². The van der Waals surface area contributed by atoms with E-state index in [0.717, 1.165) is 5.69 Å². The van der Waals surface area contributed by atoms with Gasteiger partial charge in [-0.05, 0) is 25.8 Å². The van der Waals surface area contributed by atoms with Gasteiger partial charge in [0.05, 0.1) is 0 Å². The highest BCUT2D eigenvalue weighted by Gasteiger charge is 2.14. The third-order valence-corrected chi connectivity index (χ3v) is 2.95. The van der Waals surface area contributed by atoms with E-state index in [2.05, 4.69) is 15.3 Å². The zero-order chi connectivity index (χ0) is 10.7. The fourth-order valence-electron chi connectivity index (χ4n) is 2.02. The fraction of sp³-hybridized carbons (Fsp3) is 0.636. The van der Waals surface area contributed by atoms with E-state index in [1.54, 1.807) is 6.07 Å². The summed E-state index contributed by atoms with van der Waals surface area (Å²) in [6.07, 6.45) is 6.39. The highest BCUT2D eigenvalue weighted by molar-refractivity contribution is 6.29. The van der Waals surface area contributed by atoms with Crippen molar-refractivity contribution in [2.24, 2.45) is 0 Å². The molecule has 0 saturated heterocycles. The molecule has 0 unspecified atom stereocenters. The molecule has 1 aliphatic carbocycles. The van der Waals surface area contributed by atoms with Crippen molar-refractivity contribution in [1.82, 2.24) is 9.97 Å². The lowest BCUT2D eigenvalue weighted by molar-refractivity contribution is 0.461. The van der Waals surface area contributed by atoms with E-state index in [-0.39, 0.29) is 0 Å². The molecule has 0 bridgehead atoms. The number of hydrogen-bond donors (Lipinski definition) is 1. The summed E-state index contributed by atoms with van der Waals surface area (Å²) < 4.78 is 0. The molecule has 0 aromatic carbocycles. The van der Waals surface area contributed by atoms with Crippen LogP contribution in [0.1, 0.15) is 37.8 Å². The largest absolute Gasteiger partial charge is 0.351 e. The average Bonchev–Trinajstić information content (AvgIpc) is 2.17. The summed E-state index contributed by atoms with van der Waals surface area (Å²) in [4.78, 5) is 8.49. The minimum atomic E-state index is 0.515. The maximum Gasteiger partial charge on any atom is 0.224 e. The van der Waals surface area contributed by atoms with E-state index >= 15 is 0 Å². The zero-order valence-corrected chi connectivity index (χ0v) is 9.72. The predicted molar refractivity (Wildman–Crippen MR) is 62.3 cm³/mol. The van der Waals surface area contributed by atoms with Crippen LogP contribution in [0.3, 0.4) is 0 Å². The van der Waals surface area contributed by atoms with Gasteiger partial charge in [0, 0.05) is 11.7 Å². The predicted octanol–water partition coefficient (Wildman–Crippen LogP) is 3.18. The molecule has 1 aromatic heterocycles. The molecule has 0 spiro atoms. The van der Waals surface area contributed by atoms with Crippen LogP contribution in [0.15, 0.2) is 6.07 Å². The van der Waals surface area contributed by atoms with Gasteiger partial charge in [0.1, 0.15) is 5.15 Å². The minimum absolute atomic E-state index is 0.515. The Kier molecular flexibility index (Phi) is 3.41. The van der Waals surface area contributed by atoms with Gasteiger partial charge < -0.3 is 5.32 Å². The lowest BCUT2D eigenvalue weighted by atomic mass is 9.96. The van der Waals surface area contributed by atoms with Crippen molar-refractivity contribution in [2.75, 3.05) is 5.32 Å². The third kappa shape index (κ3) is 3.06. The summed E-state index contributed by atoms with van der Waals surface area (Å²) in [6.45, 7) is 1.93. The molecule has 82 valence electrons. The average molecular weight is 226 g/mol. The minimum Gasteiger partial charge on any atom is -0.351 e. The third-order valence-electron chi connectivity index (χ3n) is 2.76. The van der Waals surface area contributed by atoms with Crippen LogP contribution in [-0.2, 0) is 0 Å². The number of nitrogens with zero attached hydrogens (tertiary/aromatic N) is 2. The first-order valence-electron chi connectivity index (χ1n) is 5.52. The van der Waals surface area contributed by atoms with Crippen LogP contribution in [-0.4, -0.2) is 16.0 Å². The van der Waals surface area contributed by atoms with Gasteiger partial charge in [-0.2, -0.15) is 0 Å². The lowest BCUT2D eigenvalue weighted by Gasteiger charge is -2.22. The van der Waals surface area contributed by atoms with Crippen LogP contribution >= 0.6 is 11.6 Å². The van der Waals surface area contributed by atoms with Gasteiger partial charge in [0.25, 0.3) is 0 Å². The highest BCUT2D eigenvalue weighted by Crippen LogP contribution is 2.20. The van der Waals surface area contributed by atoms with Crippen LogP contribution in [0.4, 0.5) is 5.95 Å². The Bertz CT molecular complexity index is 314. The first kappa shape index (κ1) is 10.7. The van der Waals surface area contributed by atoms with Gasteiger partial charge >= 0.3 is 0 Å². The summed E-state index contributed by atoms with van der Waals surface area (Å²) >= 11 is 5.88. The number of anilines is 1. The lowest BCUT2D eigenvalue weighted by Crippen LogP contribution is -2.23. The van der Waals surface area contributed by atoms with Crippen molar-refractivity contribution >= 4 is 17.5 Å². The molecule has 0 radical (unpaired) electrons. The second-order valence-corrected chi connectivity index (χ2v) is 4.52. The number of aryl methyl sites for hydroxylation is 1. The van der Waals surface area contributed by atoms with Crippen molar-refractivity contribution in [1.29, 1.82) is 0 Å². The Balaban J connectivity index is 2.02. The molecule has 4 heteroatoms. The number of rotatable bonds is 2. The molecule has 0 aliphatic heterocycles. The van der Waals surface area contributed by atoms with E-state index < -0.39 is 0 Å². The van der Waals surface area contributed by atoms with Gasteiger partial charge in [-0.15, -0.1) is 0 Å². The Labute approximate surface area is 95.3 Å². The molecular weight excluding hydrogens is 210 g/mol. The SMILES string of the molecule is Cc1cc(Cl)nc(NC2CCCCC2)n1. The number of halogens is 1. The topological polar surface area (TPSA) is 37.8 Å². The van der Waals surface area contributed by atoms with Crippen LogP contribution in [0, 0.1) is 6.92 Å². The van der Waals surface area contributed by atoms with Gasteiger partial charge in [-0.3, -0.25) is 0 Å². The van der Waals surface area contributed by atoms with Crippen molar-refractivity contribution in [3.05, 3.63) is 16.9 Å². The molecule has 2 rings (SSSR count). The molecule has 3 nitrogen and oxygen atoms in total. The molecule has 1 fully saturated rings. The van der Waals surface area contributed by atoms with Crippen LogP contribution < -0.4 is 5.32 Å². The molecule has 1 heterocycles. The molecule has 1 N–H and O–H groups in total. The zero-order valence-electron chi connectivity index (χ0n) is 8.96.